The molecule has 0 N–H and O–H groups in total. The van der Waals surface area contributed by atoms with Crippen molar-refractivity contribution in [3.8, 4) is 0 Å². The molecule has 0 aliphatic heterocycles. The fourth-order valence-corrected chi connectivity index (χ4v) is 1.60. The van der Waals surface area contributed by atoms with Gasteiger partial charge < -0.3 is 0 Å². The lowest BCUT2D eigenvalue weighted by Crippen LogP contribution is -1.93. The molecule has 0 spiro atoms. The van der Waals surface area contributed by atoms with Crippen LogP contribution in [0.2, 0.25) is 5.02 Å². The number of pyridine rings is 1. The Morgan fingerprint density at radius 2 is 1.73 bits per heavy atom. The summed E-state index contributed by atoms with van der Waals surface area (Å²) in [6.07, 6.45) is 3.81. The molecule has 1 aromatic heterocycles. The maximum atomic E-state index is 5.82. The SMILES string of the molecule is Clc1ccc(CCc2ccccn2)cc1. The lowest BCUT2D eigenvalue weighted by atomic mass is 10.1. The fourth-order valence-electron chi connectivity index (χ4n) is 1.47. The summed E-state index contributed by atoms with van der Waals surface area (Å²) in [5.41, 5.74) is 2.43. The Bertz CT molecular complexity index is 408. The number of benzene rings is 1. The van der Waals surface area contributed by atoms with Crippen molar-refractivity contribution >= 4 is 11.6 Å². The minimum absolute atomic E-state index is 0.789. The third kappa shape index (κ3) is 3.07. The van der Waals surface area contributed by atoms with Crippen molar-refractivity contribution in [2.24, 2.45) is 0 Å². The quantitative estimate of drug-likeness (QED) is 0.767. The van der Waals surface area contributed by atoms with Gasteiger partial charge in [0, 0.05) is 16.9 Å². The van der Waals surface area contributed by atoms with Crippen LogP contribution >= 0.6 is 11.6 Å². The predicted octanol–water partition coefficient (Wildman–Crippen LogP) is 3.52. The van der Waals surface area contributed by atoms with E-state index in [1.54, 1.807) is 0 Å². The predicted molar refractivity (Wildman–Crippen MR) is 63.1 cm³/mol. The van der Waals surface area contributed by atoms with Gasteiger partial charge in [0.15, 0.2) is 0 Å². The molecule has 0 fully saturated rings. The lowest BCUT2D eigenvalue weighted by molar-refractivity contribution is 0.914. The molecule has 0 unspecified atom stereocenters. The van der Waals surface area contributed by atoms with E-state index in [9.17, 15) is 0 Å². The average Bonchev–Trinajstić information content (AvgIpc) is 2.30. The van der Waals surface area contributed by atoms with Gasteiger partial charge in [0.25, 0.3) is 0 Å². The molecule has 0 amide bonds. The van der Waals surface area contributed by atoms with Gasteiger partial charge >= 0.3 is 0 Å². The minimum atomic E-state index is 0.789. The van der Waals surface area contributed by atoms with Gasteiger partial charge in [0.05, 0.1) is 0 Å². The van der Waals surface area contributed by atoms with Crippen LogP contribution in [0.15, 0.2) is 48.7 Å². The minimum Gasteiger partial charge on any atom is -0.261 e. The smallest absolute Gasteiger partial charge is 0.0406 e. The molecule has 2 aromatic rings. The maximum Gasteiger partial charge on any atom is 0.0406 e. The number of rotatable bonds is 3. The highest BCUT2D eigenvalue weighted by Crippen LogP contribution is 2.11. The first-order valence-electron chi connectivity index (χ1n) is 4.99. The van der Waals surface area contributed by atoms with Gasteiger partial charge in [-0.3, -0.25) is 4.98 Å². The Morgan fingerprint density at radius 1 is 0.933 bits per heavy atom. The Kier molecular flexibility index (Phi) is 3.36. The first-order valence-corrected chi connectivity index (χ1v) is 5.37. The van der Waals surface area contributed by atoms with E-state index in [2.05, 4.69) is 23.2 Å². The van der Waals surface area contributed by atoms with E-state index < -0.39 is 0 Å². The van der Waals surface area contributed by atoms with Crippen LogP contribution in [0.4, 0.5) is 0 Å². The van der Waals surface area contributed by atoms with Crippen molar-refractivity contribution in [3.05, 3.63) is 64.9 Å². The molecule has 76 valence electrons. The molecule has 0 aliphatic carbocycles. The number of nitrogens with zero attached hydrogens (tertiary/aromatic N) is 1. The summed E-state index contributed by atoms with van der Waals surface area (Å²) in [6.45, 7) is 0. The van der Waals surface area contributed by atoms with Crippen LogP contribution in [0.5, 0.6) is 0 Å². The van der Waals surface area contributed by atoms with E-state index in [0.29, 0.717) is 0 Å². The zero-order valence-electron chi connectivity index (χ0n) is 8.36. The van der Waals surface area contributed by atoms with Crippen LogP contribution < -0.4 is 0 Å². The van der Waals surface area contributed by atoms with Crippen LogP contribution in [0.25, 0.3) is 0 Å². The van der Waals surface area contributed by atoms with Gasteiger partial charge in [-0.1, -0.05) is 29.8 Å². The van der Waals surface area contributed by atoms with Gasteiger partial charge in [-0.15, -0.1) is 0 Å². The molecule has 1 nitrogen and oxygen atoms in total. The van der Waals surface area contributed by atoms with Crippen molar-refractivity contribution in [3.63, 3.8) is 0 Å². The fraction of sp³-hybridized carbons (Fsp3) is 0.154. The molecule has 1 heterocycles. The molecule has 0 saturated heterocycles. The molecule has 0 radical (unpaired) electrons. The first-order chi connectivity index (χ1) is 7.34. The molecule has 0 saturated carbocycles. The summed E-state index contributed by atoms with van der Waals surface area (Å²) in [5, 5.41) is 0.789. The molecule has 2 heteroatoms. The van der Waals surface area contributed by atoms with E-state index in [-0.39, 0.29) is 0 Å². The number of halogens is 1. The van der Waals surface area contributed by atoms with E-state index in [0.717, 1.165) is 23.6 Å². The second kappa shape index (κ2) is 4.94. The second-order valence-electron chi connectivity index (χ2n) is 3.45. The van der Waals surface area contributed by atoms with Crippen molar-refractivity contribution in [1.82, 2.24) is 4.98 Å². The third-order valence-corrected chi connectivity index (χ3v) is 2.56. The number of hydrogen-bond donors (Lipinski definition) is 0. The van der Waals surface area contributed by atoms with E-state index in [4.69, 9.17) is 11.6 Å². The molecule has 15 heavy (non-hydrogen) atoms. The summed E-state index contributed by atoms with van der Waals surface area (Å²) in [4.78, 5) is 4.29. The first kappa shape index (κ1) is 10.2. The monoisotopic (exact) mass is 217 g/mol. The lowest BCUT2D eigenvalue weighted by Gasteiger charge is -2.01. The number of aromatic nitrogens is 1. The van der Waals surface area contributed by atoms with E-state index >= 15 is 0 Å². The Balaban J connectivity index is 1.96. The molecule has 1 aromatic carbocycles. The van der Waals surface area contributed by atoms with Gasteiger partial charge in [-0.05, 0) is 42.7 Å². The Hall–Kier alpha value is -1.34. The molecule has 0 atom stereocenters. The van der Waals surface area contributed by atoms with Gasteiger partial charge in [-0.2, -0.15) is 0 Å². The van der Waals surface area contributed by atoms with Crippen LogP contribution in [0, 0.1) is 0 Å². The summed E-state index contributed by atoms with van der Waals surface area (Å²) in [5.74, 6) is 0. The van der Waals surface area contributed by atoms with E-state index in [1.165, 1.54) is 5.56 Å². The third-order valence-electron chi connectivity index (χ3n) is 2.31. The average molecular weight is 218 g/mol. The molecule has 0 bridgehead atoms. The standard InChI is InChI=1S/C13H12ClN/c14-12-7-4-11(5-8-12)6-9-13-3-1-2-10-15-13/h1-5,7-8,10H,6,9H2. The topological polar surface area (TPSA) is 12.9 Å². The van der Waals surface area contributed by atoms with Gasteiger partial charge in [0.1, 0.15) is 0 Å². The summed E-state index contributed by atoms with van der Waals surface area (Å²) < 4.78 is 0. The second-order valence-corrected chi connectivity index (χ2v) is 3.88. The normalized spacial score (nSPS) is 10.2. The molecular weight excluding hydrogens is 206 g/mol. The van der Waals surface area contributed by atoms with Crippen LogP contribution in [-0.2, 0) is 12.8 Å². The van der Waals surface area contributed by atoms with Crippen molar-refractivity contribution in [2.75, 3.05) is 0 Å². The van der Waals surface area contributed by atoms with Crippen molar-refractivity contribution in [2.45, 2.75) is 12.8 Å². The highest BCUT2D eigenvalue weighted by atomic mass is 35.5. The summed E-state index contributed by atoms with van der Waals surface area (Å²) >= 11 is 5.82. The molecule has 2 rings (SSSR count). The van der Waals surface area contributed by atoms with Gasteiger partial charge in [-0.25, -0.2) is 0 Å². The van der Waals surface area contributed by atoms with Crippen LogP contribution in [-0.4, -0.2) is 4.98 Å². The van der Waals surface area contributed by atoms with E-state index in [1.807, 2.05) is 30.5 Å². The maximum absolute atomic E-state index is 5.82. The molecule has 0 aliphatic rings. The van der Waals surface area contributed by atoms with Crippen molar-refractivity contribution < 1.29 is 0 Å². The largest absolute Gasteiger partial charge is 0.261 e. The van der Waals surface area contributed by atoms with Crippen LogP contribution in [0.1, 0.15) is 11.3 Å². The van der Waals surface area contributed by atoms with Crippen LogP contribution in [0.3, 0.4) is 0 Å². The zero-order chi connectivity index (χ0) is 10.5. The Labute approximate surface area is 94.7 Å². The summed E-state index contributed by atoms with van der Waals surface area (Å²) in [6, 6.07) is 14.0. The highest BCUT2D eigenvalue weighted by molar-refractivity contribution is 6.30. The number of aryl methyl sites for hydroxylation is 2. The summed E-state index contributed by atoms with van der Waals surface area (Å²) in [7, 11) is 0. The van der Waals surface area contributed by atoms with Crippen molar-refractivity contribution in [1.29, 1.82) is 0 Å². The Morgan fingerprint density at radius 3 is 2.40 bits per heavy atom. The number of hydrogen-bond acceptors (Lipinski definition) is 1. The zero-order valence-corrected chi connectivity index (χ0v) is 9.11. The highest BCUT2D eigenvalue weighted by Gasteiger charge is 1.96. The van der Waals surface area contributed by atoms with Gasteiger partial charge in [0.2, 0.25) is 0 Å². The molecular formula is C13H12ClN.